The zero-order valence-electron chi connectivity index (χ0n) is 10.6. The van der Waals surface area contributed by atoms with Crippen molar-refractivity contribution in [2.75, 3.05) is 10.8 Å². The van der Waals surface area contributed by atoms with Crippen molar-refractivity contribution in [3.8, 4) is 0 Å². The van der Waals surface area contributed by atoms with Crippen LogP contribution < -0.4 is 10.0 Å². The second kappa shape index (κ2) is 5.41. The number of nitrogens with zero attached hydrogens (tertiary/aromatic N) is 2. The number of nitrogens with two attached hydrogens (primary N) is 1. The van der Waals surface area contributed by atoms with E-state index < -0.39 is 10.0 Å². The van der Waals surface area contributed by atoms with Gasteiger partial charge in [0.1, 0.15) is 0 Å². The van der Waals surface area contributed by atoms with Crippen LogP contribution in [0.15, 0.2) is 41.6 Å². The smallest absolute Gasteiger partial charge is 0.281 e. The molecule has 7 heteroatoms. The minimum Gasteiger partial charge on any atom is -0.326 e. The first-order chi connectivity index (χ1) is 9.09. The lowest BCUT2D eigenvalue weighted by atomic mass is 10.2. The van der Waals surface area contributed by atoms with E-state index in [4.69, 9.17) is 5.73 Å². The van der Waals surface area contributed by atoms with E-state index >= 15 is 0 Å². The molecule has 2 rings (SSSR count). The van der Waals surface area contributed by atoms with Crippen LogP contribution in [0.4, 0.5) is 5.69 Å². The molecule has 0 unspecified atom stereocenters. The summed E-state index contributed by atoms with van der Waals surface area (Å²) in [4.78, 5) is 0. The van der Waals surface area contributed by atoms with Crippen molar-refractivity contribution in [1.29, 1.82) is 0 Å². The predicted molar refractivity (Wildman–Crippen MR) is 73.1 cm³/mol. The van der Waals surface area contributed by atoms with Gasteiger partial charge in [0.15, 0.2) is 5.03 Å². The van der Waals surface area contributed by atoms with Gasteiger partial charge in [-0.05, 0) is 30.7 Å². The second-order valence-corrected chi connectivity index (χ2v) is 5.79. The maximum Gasteiger partial charge on any atom is 0.281 e. The number of rotatable bonds is 5. The van der Waals surface area contributed by atoms with Gasteiger partial charge in [-0.25, -0.2) is 0 Å². The molecular weight excluding hydrogens is 264 g/mol. The number of anilines is 1. The minimum atomic E-state index is -3.60. The lowest BCUT2D eigenvalue weighted by molar-refractivity contribution is 0.587. The summed E-state index contributed by atoms with van der Waals surface area (Å²) in [5.41, 5.74) is 7.09. The van der Waals surface area contributed by atoms with Crippen LogP contribution in [-0.2, 0) is 16.6 Å². The third-order valence-corrected chi connectivity index (χ3v) is 4.62. The third-order valence-electron chi connectivity index (χ3n) is 2.79. The first kappa shape index (κ1) is 13.6. The molecule has 0 saturated heterocycles. The van der Waals surface area contributed by atoms with E-state index in [9.17, 15) is 8.42 Å². The molecule has 1 heterocycles. The van der Waals surface area contributed by atoms with Crippen LogP contribution in [0, 0.1) is 0 Å². The van der Waals surface area contributed by atoms with E-state index in [-0.39, 0.29) is 5.03 Å². The monoisotopic (exact) mass is 280 g/mol. The van der Waals surface area contributed by atoms with Gasteiger partial charge in [-0.15, -0.1) is 0 Å². The Kier molecular flexibility index (Phi) is 3.87. The van der Waals surface area contributed by atoms with Crippen LogP contribution in [0.5, 0.6) is 0 Å². The first-order valence-corrected chi connectivity index (χ1v) is 7.34. The topological polar surface area (TPSA) is 92.1 Å². The van der Waals surface area contributed by atoms with Gasteiger partial charge in [-0.2, -0.15) is 13.5 Å². The van der Waals surface area contributed by atoms with E-state index in [0.717, 1.165) is 5.56 Å². The number of benzene rings is 1. The second-order valence-electron chi connectivity index (χ2n) is 3.96. The van der Waals surface area contributed by atoms with Crippen molar-refractivity contribution >= 4 is 15.7 Å². The molecule has 1 aromatic heterocycles. The maximum atomic E-state index is 12.4. The van der Waals surface area contributed by atoms with Crippen molar-refractivity contribution in [3.05, 3.63) is 42.1 Å². The Morgan fingerprint density at radius 3 is 2.42 bits per heavy atom. The SMILES string of the molecule is CCN(c1ccc(CN)cc1)S(=O)(=O)c1ccn[nH]1. The van der Waals surface area contributed by atoms with Gasteiger partial charge in [0.25, 0.3) is 10.0 Å². The van der Waals surface area contributed by atoms with Crippen LogP contribution >= 0.6 is 0 Å². The summed E-state index contributed by atoms with van der Waals surface area (Å²) in [6.45, 7) is 2.55. The molecule has 0 saturated carbocycles. The summed E-state index contributed by atoms with van der Waals surface area (Å²) < 4.78 is 26.1. The molecule has 102 valence electrons. The summed E-state index contributed by atoms with van der Waals surface area (Å²) in [6, 6.07) is 8.58. The average molecular weight is 280 g/mol. The van der Waals surface area contributed by atoms with Gasteiger partial charge in [-0.1, -0.05) is 12.1 Å². The molecule has 0 amide bonds. The predicted octanol–water partition coefficient (Wildman–Crippen LogP) is 1.08. The highest BCUT2D eigenvalue weighted by Crippen LogP contribution is 2.22. The summed E-state index contributed by atoms with van der Waals surface area (Å²) in [7, 11) is -3.60. The molecule has 0 fully saturated rings. The molecule has 0 atom stereocenters. The number of sulfonamides is 1. The van der Waals surface area contributed by atoms with E-state index in [1.807, 2.05) is 12.1 Å². The average Bonchev–Trinajstić information content (AvgIpc) is 2.95. The third kappa shape index (κ3) is 2.61. The lowest BCUT2D eigenvalue weighted by Crippen LogP contribution is -2.31. The normalized spacial score (nSPS) is 11.5. The molecule has 1 aromatic carbocycles. The standard InChI is InChI=1S/C12H16N4O2S/c1-2-16(11-5-3-10(9-13)4-6-11)19(17,18)12-7-8-14-15-12/h3-8H,2,9,13H2,1H3,(H,14,15). The Hall–Kier alpha value is -1.86. The molecule has 0 aliphatic carbocycles. The van der Waals surface area contributed by atoms with Gasteiger partial charge in [-0.3, -0.25) is 9.40 Å². The van der Waals surface area contributed by atoms with Crippen molar-refractivity contribution in [2.24, 2.45) is 5.73 Å². The highest BCUT2D eigenvalue weighted by atomic mass is 32.2. The van der Waals surface area contributed by atoms with Crippen LogP contribution in [-0.4, -0.2) is 25.2 Å². The van der Waals surface area contributed by atoms with Crippen molar-refractivity contribution in [1.82, 2.24) is 10.2 Å². The number of nitrogens with one attached hydrogen (secondary N) is 1. The molecule has 0 bridgehead atoms. The largest absolute Gasteiger partial charge is 0.326 e. The number of aromatic amines is 1. The molecule has 0 aliphatic heterocycles. The molecule has 6 nitrogen and oxygen atoms in total. The lowest BCUT2D eigenvalue weighted by Gasteiger charge is -2.22. The summed E-state index contributed by atoms with van der Waals surface area (Å²) in [6.07, 6.45) is 1.41. The van der Waals surface area contributed by atoms with Gasteiger partial charge >= 0.3 is 0 Å². The number of H-pyrrole nitrogens is 1. The Labute approximate surface area is 112 Å². The Morgan fingerprint density at radius 2 is 1.95 bits per heavy atom. The highest BCUT2D eigenvalue weighted by Gasteiger charge is 2.24. The van der Waals surface area contributed by atoms with Crippen LogP contribution in [0.3, 0.4) is 0 Å². The first-order valence-electron chi connectivity index (χ1n) is 5.90. The molecule has 2 aromatic rings. The van der Waals surface area contributed by atoms with Crippen LogP contribution in [0.1, 0.15) is 12.5 Å². The Morgan fingerprint density at radius 1 is 1.26 bits per heavy atom. The van der Waals surface area contributed by atoms with Gasteiger partial charge < -0.3 is 5.73 Å². The van der Waals surface area contributed by atoms with Gasteiger partial charge in [0, 0.05) is 13.1 Å². The summed E-state index contributed by atoms with van der Waals surface area (Å²) in [5, 5.41) is 6.24. The zero-order chi connectivity index (χ0) is 13.9. The minimum absolute atomic E-state index is 0.0808. The fraction of sp³-hybridized carbons (Fsp3) is 0.250. The van der Waals surface area contributed by atoms with E-state index in [0.29, 0.717) is 18.8 Å². The van der Waals surface area contributed by atoms with Gasteiger partial charge in [0.2, 0.25) is 0 Å². The van der Waals surface area contributed by atoms with E-state index in [1.165, 1.54) is 16.6 Å². The zero-order valence-corrected chi connectivity index (χ0v) is 11.4. The molecule has 0 spiro atoms. The fourth-order valence-electron chi connectivity index (χ4n) is 1.80. The number of hydrogen-bond donors (Lipinski definition) is 2. The van der Waals surface area contributed by atoms with Crippen molar-refractivity contribution in [3.63, 3.8) is 0 Å². The summed E-state index contributed by atoms with van der Waals surface area (Å²) in [5.74, 6) is 0. The van der Waals surface area contributed by atoms with E-state index in [2.05, 4.69) is 10.2 Å². The van der Waals surface area contributed by atoms with Crippen molar-refractivity contribution < 1.29 is 8.42 Å². The number of aromatic nitrogens is 2. The van der Waals surface area contributed by atoms with Crippen LogP contribution in [0.2, 0.25) is 0 Å². The van der Waals surface area contributed by atoms with Crippen molar-refractivity contribution in [2.45, 2.75) is 18.5 Å². The molecule has 3 N–H and O–H groups in total. The molecule has 0 aliphatic rings. The Bertz CT molecular complexity index is 620. The van der Waals surface area contributed by atoms with Gasteiger partial charge in [0.05, 0.1) is 11.9 Å². The number of hydrogen-bond acceptors (Lipinski definition) is 4. The molecule has 0 radical (unpaired) electrons. The highest BCUT2D eigenvalue weighted by molar-refractivity contribution is 7.92. The quantitative estimate of drug-likeness (QED) is 0.857. The van der Waals surface area contributed by atoms with Crippen LogP contribution in [0.25, 0.3) is 0 Å². The summed E-state index contributed by atoms with van der Waals surface area (Å²) >= 11 is 0. The maximum absolute atomic E-state index is 12.4. The van der Waals surface area contributed by atoms with E-state index in [1.54, 1.807) is 19.1 Å². The molecular formula is C12H16N4O2S. The fourth-order valence-corrected chi connectivity index (χ4v) is 3.17. The molecule has 19 heavy (non-hydrogen) atoms. The Balaban J connectivity index is 2.39.